The Bertz CT molecular complexity index is 301. The Morgan fingerprint density at radius 2 is 2.33 bits per heavy atom. The lowest BCUT2D eigenvalue weighted by Crippen LogP contribution is -2.43. The molecular formula is C11H20N2O4S. The molecule has 1 heterocycles. The third-order valence-corrected chi connectivity index (χ3v) is 3.78. The van der Waals surface area contributed by atoms with Gasteiger partial charge in [0.25, 0.3) is 0 Å². The summed E-state index contributed by atoms with van der Waals surface area (Å²) >= 11 is 1.49. The number of aliphatic carboxylic acids is 1. The predicted molar refractivity (Wildman–Crippen MR) is 69.8 cm³/mol. The Labute approximate surface area is 111 Å². The molecule has 1 rings (SSSR count). The number of nitrogens with zero attached hydrogens (tertiary/aromatic N) is 1. The van der Waals surface area contributed by atoms with Crippen molar-refractivity contribution >= 4 is 23.6 Å². The van der Waals surface area contributed by atoms with Crippen molar-refractivity contribution in [2.24, 2.45) is 0 Å². The molecule has 6 nitrogen and oxygen atoms in total. The van der Waals surface area contributed by atoms with Gasteiger partial charge in [-0.15, -0.1) is 0 Å². The van der Waals surface area contributed by atoms with Crippen molar-refractivity contribution in [3.63, 3.8) is 0 Å². The third-order valence-electron chi connectivity index (χ3n) is 2.61. The fourth-order valence-electron chi connectivity index (χ4n) is 1.71. The topological polar surface area (TPSA) is 78.9 Å². The molecule has 0 spiro atoms. The van der Waals surface area contributed by atoms with Crippen LogP contribution in [-0.2, 0) is 14.3 Å². The first-order chi connectivity index (χ1) is 8.49. The monoisotopic (exact) mass is 276 g/mol. The molecule has 2 N–H and O–H groups in total. The molecule has 0 radical (unpaired) electrons. The molecule has 1 aliphatic heterocycles. The summed E-state index contributed by atoms with van der Waals surface area (Å²) in [6.45, 7) is 3.84. The van der Waals surface area contributed by atoms with Gasteiger partial charge in [0.15, 0.2) is 0 Å². The van der Waals surface area contributed by atoms with Gasteiger partial charge in [0.2, 0.25) is 5.91 Å². The Balaban J connectivity index is 2.25. The number of hydrogen-bond acceptors (Lipinski definition) is 5. The zero-order valence-corrected chi connectivity index (χ0v) is 11.5. The lowest BCUT2D eigenvalue weighted by atomic mass is 10.3. The van der Waals surface area contributed by atoms with Crippen molar-refractivity contribution in [3.05, 3.63) is 0 Å². The summed E-state index contributed by atoms with van der Waals surface area (Å²) in [5.41, 5.74) is 0. The molecule has 2 unspecified atom stereocenters. The third kappa shape index (κ3) is 5.70. The van der Waals surface area contributed by atoms with Crippen LogP contribution in [0.1, 0.15) is 6.92 Å². The smallest absolute Gasteiger partial charge is 0.327 e. The molecule has 0 aromatic rings. The molecule has 18 heavy (non-hydrogen) atoms. The van der Waals surface area contributed by atoms with Gasteiger partial charge in [0, 0.05) is 31.5 Å². The van der Waals surface area contributed by atoms with Gasteiger partial charge in [-0.3, -0.25) is 4.79 Å². The van der Waals surface area contributed by atoms with Crippen LogP contribution in [0, 0.1) is 0 Å². The van der Waals surface area contributed by atoms with Crippen molar-refractivity contribution in [1.82, 2.24) is 10.2 Å². The van der Waals surface area contributed by atoms with Crippen molar-refractivity contribution in [2.45, 2.75) is 19.1 Å². The molecule has 0 aliphatic carbocycles. The molecule has 0 saturated carbocycles. The summed E-state index contributed by atoms with van der Waals surface area (Å²) < 4.78 is 5.57. The van der Waals surface area contributed by atoms with Gasteiger partial charge in [-0.25, -0.2) is 4.79 Å². The van der Waals surface area contributed by atoms with Crippen molar-refractivity contribution < 1.29 is 19.4 Å². The molecule has 0 aromatic heterocycles. The number of nitrogens with one attached hydrogen (secondary N) is 1. The van der Waals surface area contributed by atoms with Crippen molar-refractivity contribution in [3.8, 4) is 0 Å². The summed E-state index contributed by atoms with van der Waals surface area (Å²) in [4.78, 5) is 23.9. The lowest BCUT2D eigenvalue weighted by molar-refractivity contribution is -0.140. The average molecular weight is 276 g/mol. The summed E-state index contributed by atoms with van der Waals surface area (Å²) in [6, 6.07) is -0.825. The number of carboxylic acid groups (broad SMARTS) is 1. The molecule has 0 bridgehead atoms. The Hall–Kier alpha value is -0.790. The zero-order valence-electron chi connectivity index (χ0n) is 10.7. The number of carbonyl (C=O) groups is 2. The second kappa shape index (κ2) is 7.60. The summed E-state index contributed by atoms with van der Waals surface area (Å²) in [5, 5.41) is 11.3. The Morgan fingerprint density at radius 1 is 1.61 bits per heavy atom. The second-order valence-electron chi connectivity index (χ2n) is 4.38. The van der Waals surface area contributed by atoms with Crippen LogP contribution in [-0.4, -0.2) is 72.3 Å². The number of rotatable bonds is 6. The highest BCUT2D eigenvalue weighted by Crippen LogP contribution is 2.12. The van der Waals surface area contributed by atoms with Gasteiger partial charge in [-0.2, -0.15) is 11.8 Å². The van der Waals surface area contributed by atoms with E-state index in [-0.39, 0.29) is 12.0 Å². The molecule has 7 heteroatoms. The highest BCUT2D eigenvalue weighted by molar-refractivity contribution is 7.99. The van der Waals surface area contributed by atoms with E-state index in [0.29, 0.717) is 5.75 Å². The molecular weight excluding hydrogens is 256 g/mol. The number of thioether (sulfide) groups is 1. The average Bonchev–Trinajstić information content (AvgIpc) is 2.27. The molecule has 2 atom stereocenters. The number of morpholine rings is 1. The largest absolute Gasteiger partial charge is 0.480 e. The van der Waals surface area contributed by atoms with Crippen molar-refractivity contribution in [1.29, 1.82) is 0 Å². The molecule has 1 saturated heterocycles. The maximum Gasteiger partial charge on any atom is 0.327 e. The maximum absolute atomic E-state index is 10.9. The number of hydrogen-bond donors (Lipinski definition) is 2. The quantitative estimate of drug-likeness (QED) is 0.690. The van der Waals surface area contributed by atoms with Crippen LogP contribution in [0.25, 0.3) is 0 Å². The first-order valence-corrected chi connectivity index (χ1v) is 7.02. The molecule has 0 aromatic carbocycles. The Morgan fingerprint density at radius 3 is 2.89 bits per heavy atom. The fraction of sp³-hybridized carbons (Fsp3) is 0.818. The molecule has 1 fully saturated rings. The summed E-state index contributed by atoms with van der Waals surface area (Å²) in [5.74, 6) is -0.220. The first kappa shape index (κ1) is 15.3. The molecule has 1 aliphatic rings. The van der Waals surface area contributed by atoms with E-state index in [0.717, 1.165) is 25.4 Å². The van der Waals surface area contributed by atoms with E-state index in [9.17, 15) is 9.59 Å². The van der Waals surface area contributed by atoms with E-state index in [4.69, 9.17) is 9.84 Å². The minimum absolute atomic E-state index is 0.139. The van der Waals surface area contributed by atoms with E-state index in [1.807, 2.05) is 7.05 Å². The van der Waals surface area contributed by atoms with Gasteiger partial charge < -0.3 is 20.1 Å². The highest BCUT2D eigenvalue weighted by Gasteiger charge is 2.21. The first-order valence-electron chi connectivity index (χ1n) is 5.87. The number of carbonyl (C=O) groups excluding carboxylic acids is 1. The van der Waals surface area contributed by atoms with Crippen LogP contribution in [0.2, 0.25) is 0 Å². The van der Waals surface area contributed by atoms with Gasteiger partial charge in [0.05, 0.1) is 12.7 Å². The van der Waals surface area contributed by atoms with E-state index in [1.165, 1.54) is 18.7 Å². The summed E-state index contributed by atoms with van der Waals surface area (Å²) in [7, 11) is 2.04. The SMILES string of the molecule is CC(=O)NC(CSCC1CN(C)CCO1)C(=O)O. The van der Waals surface area contributed by atoms with E-state index in [2.05, 4.69) is 10.2 Å². The van der Waals surface area contributed by atoms with E-state index < -0.39 is 12.0 Å². The van der Waals surface area contributed by atoms with Gasteiger partial charge in [-0.05, 0) is 7.05 Å². The van der Waals surface area contributed by atoms with Gasteiger partial charge in [0.1, 0.15) is 6.04 Å². The lowest BCUT2D eigenvalue weighted by Gasteiger charge is -2.30. The van der Waals surface area contributed by atoms with Crippen molar-refractivity contribution in [2.75, 3.05) is 38.2 Å². The number of likely N-dealkylation sites (N-methyl/N-ethyl adjacent to an activating group) is 1. The highest BCUT2D eigenvalue weighted by atomic mass is 32.2. The normalized spacial score (nSPS) is 22.4. The number of carboxylic acids is 1. The van der Waals surface area contributed by atoms with Crippen LogP contribution >= 0.6 is 11.8 Å². The number of amides is 1. The van der Waals surface area contributed by atoms with E-state index >= 15 is 0 Å². The van der Waals surface area contributed by atoms with Crippen LogP contribution in [0.5, 0.6) is 0 Å². The van der Waals surface area contributed by atoms with Crippen LogP contribution < -0.4 is 5.32 Å². The zero-order chi connectivity index (χ0) is 13.5. The van der Waals surface area contributed by atoms with Crippen LogP contribution in [0.4, 0.5) is 0 Å². The molecule has 1 amide bonds. The van der Waals surface area contributed by atoms with E-state index in [1.54, 1.807) is 0 Å². The van der Waals surface area contributed by atoms with Gasteiger partial charge in [-0.1, -0.05) is 0 Å². The summed E-state index contributed by atoms with van der Waals surface area (Å²) in [6.07, 6.45) is 0.139. The minimum Gasteiger partial charge on any atom is -0.480 e. The standard InChI is InChI=1S/C11H20N2O4S/c1-8(14)12-10(11(15)16)7-18-6-9-5-13(2)3-4-17-9/h9-10H,3-7H2,1-2H3,(H,12,14)(H,15,16). The van der Waals surface area contributed by atoms with Crippen LogP contribution in [0.15, 0.2) is 0 Å². The fourth-order valence-corrected chi connectivity index (χ4v) is 2.77. The predicted octanol–water partition coefficient (Wildman–Crippen LogP) is -0.360. The van der Waals surface area contributed by atoms with Crippen LogP contribution in [0.3, 0.4) is 0 Å². The minimum atomic E-state index is -1.00. The maximum atomic E-state index is 10.9. The Kier molecular flexibility index (Phi) is 6.45. The molecule has 104 valence electrons. The number of ether oxygens (including phenoxy) is 1. The van der Waals surface area contributed by atoms with Gasteiger partial charge >= 0.3 is 5.97 Å². The second-order valence-corrected chi connectivity index (χ2v) is 5.46.